The molecule has 122 valence electrons. The molecule has 1 amide bonds. The molecule has 1 aromatic carbocycles. The van der Waals surface area contributed by atoms with Crippen LogP contribution in [0.15, 0.2) is 30.3 Å². The zero-order valence-electron chi connectivity index (χ0n) is 13.9. The van der Waals surface area contributed by atoms with Crippen LogP contribution in [0.4, 0.5) is 0 Å². The number of hydrogen-bond donors (Lipinski definition) is 1. The van der Waals surface area contributed by atoms with Gasteiger partial charge in [-0.05, 0) is 24.3 Å². The number of nitrogens with zero attached hydrogens (tertiary/aromatic N) is 2. The first-order valence-electron chi connectivity index (χ1n) is 8.37. The monoisotopic (exact) mass is 303 g/mol. The van der Waals surface area contributed by atoms with Crippen molar-refractivity contribution in [2.45, 2.75) is 32.7 Å². The minimum absolute atomic E-state index is 0.122. The summed E-state index contributed by atoms with van der Waals surface area (Å²) in [5, 5.41) is 0. The number of amides is 1. The Morgan fingerprint density at radius 3 is 2.36 bits per heavy atom. The van der Waals surface area contributed by atoms with Gasteiger partial charge in [-0.25, -0.2) is 0 Å². The van der Waals surface area contributed by atoms with Gasteiger partial charge in [0.2, 0.25) is 5.91 Å². The van der Waals surface area contributed by atoms with Crippen LogP contribution in [0.3, 0.4) is 0 Å². The summed E-state index contributed by atoms with van der Waals surface area (Å²) in [7, 11) is 0. The van der Waals surface area contributed by atoms with E-state index in [0.29, 0.717) is 5.92 Å². The van der Waals surface area contributed by atoms with Crippen LogP contribution in [0, 0.1) is 5.92 Å². The summed E-state index contributed by atoms with van der Waals surface area (Å²) in [4.78, 5) is 16.7. The lowest BCUT2D eigenvalue weighted by Crippen LogP contribution is -2.53. The molecular formula is C18H29N3O. The van der Waals surface area contributed by atoms with E-state index in [1.807, 2.05) is 11.0 Å². The summed E-state index contributed by atoms with van der Waals surface area (Å²) in [6, 6.07) is 10.2. The van der Waals surface area contributed by atoms with Gasteiger partial charge in [-0.1, -0.05) is 44.2 Å². The Kier molecular flexibility index (Phi) is 6.40. The van der Waals surface area contributed by atoms with Gasteiger partial charge in [-0.3, -0.25) is 9.69 Å². The van der Waals surface area contributed by atoms with E-state index in [1.54, 1.807) is 0 Å². The molecule has 0 radical (unpaired) electrons. The van der Waals surface area contributed by atoms with Crippen LogP contribution in [-0.4, -0.2) is 54.5 Å². The Labute approximate surface area is 134 Å². The number of carbonyl (C=O) groups excluding carboxylic acids is 1. The van der Waals surface area contributed by atoms with Crippen molar-refractivity contribution in [1.29, 1.82) is 0 Å². The number of benzene rings is 1. The summed E-state index contributed by atoms with van der Waals surface area (Å²) in [5.41, 5.74) is 7.39. The molecule has 0 aliphatic carbocycles. The van der Waals surface area contributed by atoms with Crippen LogP contribution in [0.5, 0.6) is 0 Å². The molecule has 1 saturated heterocycles. The minimum atomic E-state index is -0.337. The average Bonchev–Trinajstić information content (AvgIpc) is 2.53. The molecule has 0 aromatic heterocycles. The largest absolute Gasteiger partial charge is 0.339 e. The zero-order chi connectivity index (χ0) is 15.9. The normalized spacial score (nSPS) is 17.7. The Balaban J connectivity index is 1.72. The first-order valence-corrected chi connectivity index (χ1v) is 8.37. The Morgan fingerprint density at radius 2 is 1.77 bits per heavy atom. The molecule has 22 heavy (non-hydrogen) atoms. The second kappa shape index (κ2) is 8.30. The van der Waals surface area contributed by atoms with Crippen LogP contribution in [0.2, 0.25) is 0 Å². The molecule has 1 atom stereocenters. The minimum Gasteiger partial charge on any atom is -0.339 e. The lowest BCUT2D eigenvalue weighted by molar-refractivity contribution is -0.134. The topological polar surface area (TPSA) is 49.6 Å². The number of hydrogen-bond acceptors (Lipinski definition) is 3. The van der Waals surface area contributed by atoms with Crippen LogP contribution < -0.4 is 5.73 Å². The first-order chi connectivity index (χ1) is 10.6. The molecule has 0 saturated carbocycles. The van der Waals surface area contributed by atoms with Crippen LogP contribution >= 0.6 is 0 Å². The summed E-state index contributed by atoms with van der Waals surface area (Å²) in [5.74, 6) is 0.586. The van der Waals surface area contributed by atoms with Crippen LogP contribution in [0.25, 0.3) is 0 Å². The third-order valence-corrected chi connectivity index (χ3v) is 4.29. The predicted molar refractivity (Wildman–Crippen MR) is 90.6 cm³/mol. The first kappa shape index (κ1) is 17.0. The SMILES string of the molecule is CC(C)C[C@H](N)C(=O)N1CCN(CCc2ccccc2)CC1. The molecule has 1 aromatic rings. The van der Waals surface area contributed by atoms with Crippen molar-refractivity contribution in [3.05, 3.63) is 35.9 Å². The van der Waals surface area contributed by atoms with Crippen molar-refractivity contribution in [3.8, 4) is 0 Å². The fraction of sp³-hybridized carbons (Fsp3) is 0.611. The maximum atomic E-state index is 12.3. The highest BCUT2D eigenvalue weighted by Gasteiger charge is 2.25. The highest BCUT2D eigenvalue weighted by molar-refractivity contribution is 5.81. The van der Waals surface area contributed by atoms with E-state index in [-0.39, 0.29) is 11.9 Å². The van der Waals surface area contributed by atoms with Gasteiger partial charge in [0.05, 0.1) is 6.04 Å². The van der Waals surface area contributed by atoms with Crippen molar-refractivity contribution < 1.29 is 4.79 Å². The lowest BCUT2D eigenvalue weighted by atomic mass is 10.0. The molecule has 1 fully saturated rings. The van der Waals surface area contributed by atoms with E-state index >= 15 is 0 Å². The lowest BCUT2D eigenvalue weighted by Gasteiger charge is -2.36. The molecule has 0 bridgehead atoms. The van der Waals surface area contributed by atoms with Gasteiger partial charge in [0.1, 0.15) is 0 Å². The molecule has 4 heteroatoms. The molecule has 0 spiro atoms. The van der Waals surface area contributed by atoms with Gasteiger partial charge < -0.3 is 10.6 Å². The number of rotatable bonds is 6. The van der Waals surface area contributed by atoms with Crippen molar-refractivity contribution >= 4 is 5.91 Å². The number of piperazine rings is 1. The highest BCUT2D eigenvalue weighted by atomic mass is 16.2. The van der Waals surface area contributed by atoms with E-state index < -0.39 is 0 Å². The number of nitrogens with two attached hydrogens (primary N) is 1. The van der Waals surface area contributed by atoms with Gasteiger partial charge in [0.25, 0.3) is 0 Å². The summed E-state index contributed by atoms with van der Waals surface area (Å²) < 4.78 is 0. The summed E-state index contributed by atoms with van der Waals surface area (Å²) in [6.07, 6.45) is 1.84. The van der Waals surface area contributed by atoms with Crippen molar-refractivity contribution in [2.24, 2.45) is 11.7 Å². The molecular weight excluding hydrogens is 274 g/mol. The fourth-order valence-corrected chi connectivity index (χ4v) is 2.97. The smallest absolute Gasteiger partial charge is 0.239 e. The van der Waals surface area contributed by atoms with Gasteiger partial charge in [-0.2, -0.15) is 0 Å². The van der Waals surface area contributed by atoms with Gasteiger partial charge in [0, 0.05) is 32.7 Å². The Morgan fingerprint density at radius 1 is 1.14 bits per heavy atom. The Bertz CT molecular complexity index is 453. The molecule has 2 rings (SSSR count). The summed E-state index contributed by atoms with van der Waals surface area (Å²) in [6.45, 7) is 8.78. The maximum absolute atomic E-state index is 12.3. The second-order valence-electron chi connectivity index (χ2n) is 6.64. The van der Waals surface area contributed by atoms with Crippen LogP contribution in [0.1, 0.15) is 25.8 Å². The van der Waals surface area contributed by atoms with Crippen molar-refractivity contribution in [1.82, 2.24) is 9.80 Å². The standard InChI is InChI=1S/C18H29N3O/c1-15(2)14-17(19)18(22)21-12-10-20(11-13-21)9-8-16-6-4-3-5-7-16/h3-7,15,17H,8-14,19H2,1-2H3/t17-/m0/s1. The molecule has 1 aliphatic rings. The van der Waals surface area contributed by atoms with Crippen molar-refractivity contribution in [2.75, 3.05) is 32.7 Å². The maximum Gasteiger partial charge on any atom is 0.239 e. The van der Waals surface area contributed by atoms with E-state index in [2.05, 4.69) is 43.0 Å². The number of carbonyl (C=O) groups is 1. The van der Waals surface area contributed by atoms with Gasteiger partial charge >= 0.3 is 0 Å². The molecule has 0 unspecified atom stereocenters. The van der Waals surface area contributed by atoms with Gasteiger partial charge in [-0.15, -0.1) is 0 Å². The van der Waals surface area contributed by atoms with Crippen LogP contribution in [-0.2, 0) is 11.2 Å². The second-order valence-corrected chi connectivity index (χ2v) is 6.64. The molecule has 1 heterocycles. The molecule has 4 nitrogen and oxygen atoms in total. The van der Waals surface area contributed by atoms with Gasteiger partial charge in [0.15, 0.2) is 0 Å². The molecule has 2 N–H and O–H groups in total. The van der Waals surface area contributed by atoms with Crippen molar-refractivity contribution in [3.63, 3.8) is 0 Å². The molecule has 1 aliphatic heterocycles. The average molecular weight is 303 g/mol. The zero-order valence-corrected chi connectivity index (χ0v) is 13.9. The fourth-order valence-electron chi connectivity index (χ4n) is 2.97. The predicted octanol–water partition coefficient (Wildman–Crippen LogP) is 1.75. The Hall–Kier alpha value is -1.39. The summed E-state index contributed by atoms with van der Waals surface area (Å²) >= 11 is 0. The third kappa shape index (κ3) is 5.11. The third-order valence-electron chi connectivity index (χ3n) is 4.29. The van der Waals surface area contributed by atoms with E-state index in [9.17, 15) is 4.79 Å². The highest BCUT2D eigenvalue weighted by Crippen LogP contribution is 2.09. The van der Waals surface area contributed by atoms with E-state index in [4.69, 9.17) is 5.73 Å². The van der Waals surface area contributed by atoms with E-state index in [0.717, 1.165) is 45.6 Å². The van der Waals surface area contributed by atoms with E-state index in [1.165, 1.54) is 5.56 Å². The quantitative estimate of drug-likeness (QED) is 0.871.